The molecule has 0 saturated carbocycles. The van der Waals surface area contributed by atoms with Crippen LogP contribution in [0.4, 0.5) is 0 Å². The highest BCUT2D eigenvalue weighted by Crippen LogP contribution is 2.43. The van der Waals surface area contributed by atoms with Gasteiger partial charge in [-0.25, -0.2) is 15.0 Å². The first-order chi connectivity index (χ1) is 10.2. The molecule has 0 bridgehead atoms. The number of fused-ring (bicyclic) bond motifs is 1. The average Bonchev–Trinajstić information content (AvgIpc) is 2.99. The number of benzene rings is 1. The molecule has 106 valence electrons. The van der Waals surface area contributed by atoms with E-state index >= 15 is 0 Å². The Morgan fingerprint density at radius 1 is 1.19 bits per heavy atom. The second-order valence-corrected chi connectivity index (χ2v) is 5.92. The molecule has 4 rings (SSSR count). The number of aliphatic imine (C=N–C) groups is 1. The van der Waals surface area contributed by atoms with Gasteiger partial charge >= 0.3 is 0 Å². The number of aromatic nitrogens is 2. The summed E-state index contributed by atoms with van der Waals surface area (Å²) in [7, 11) is 0. The summed E-state index contributed by atoms with van der Waals surface area (Å²) in [6.45, 7) is 4.07. The van der Waals surface area contributed by atoms with Gasteiger partial charge in [0.25, 0.3) is 0 Å². The lowest BCUT2D eigenvalue weighted by atomic mass is 9.90. The van der Waals surface area contributed by atoms with Crippen LogP contribution >= 0.6 is 0 Å². The van der Waals surface area contributed by atoms with Gasteiger partial charge in [0.2, 0.25) is 0 Å². The minimum Gasteiger partial charge on any atom is -0.476 e. The third-order valence-electron chi connectivity index (χ3n) is 4.61. The van der Waals surface area contributed by atoms with Crippen LogP contribution < -0.4 is 0 Å². The first-order valence-electron chi connectivity index (χ1n) is 7.27. The molecule has 1 aromatic heterocycles. The smallest absolute Gasteiger partial charge is 0.181 e. The minimum absolute atomic E-state index is 0.127. The third kappa shape index (κ3) is 1.86. The number of hydrogen-bond donors (Lipinski definition) is 0. The van der Waals surface area contributed by atoms with Crippen molar-refractivity contribution in [2.45, 2.75) is 38.3 Å². The van der Waals surface area contributed by atoms with Gasteiger partial charge in [0.1, 0.15) is 18.0 Å². The molecule has 0 amide bonds. The topological polar surface area (TPSA) is 47.4 Å². The summed E-state index contributed by atoms with van der Waals surface area (Å²) in [5.74, 6) is 0.805. The molecule has 0 fully saturated rings. The van der Waals surface area contributed by atoms with E-state index in [0.29, 0.717) is 0 Å². The molecular weight excluding hydrogens is 262 g/mol. The van der Waals surface area contributed by atoms with Crippen molar-refractivity contribution in [2.75, 3.05) is 0 Å². The summed E-state index contributed by atoms with van der Waals surface area (Å²) in [5, 5.41) is 0. The monoisotopic (exact) mass is 279 g/mol. The summed E-state index contributed by atoms with van der Waals surface area (Å²) >= 11 is 0. The normalized spacial score (nSPS) is 26.6. The van der Waals surface area contributed by atoms with Crippen LogP contribution in [0, 0.1) is 0 Å². The minimum atomic E-state index is -0.127. The van der Waals surface area contributed by atoms with E-state index in [-0.39, 0.29) is 11.6 Å². The van der Waals surface area contributed by atoms with E-state index in [1.54, 1.807) is 6.33 Å². The highest BCUT2D eigenvalue weighted by Gasteiger charge is 2.47. The van der Waals surface area contributed by atoms with Crippen molar-refractivity contribution < 1.29 is 4.74 Å². The van der Waals surface area contributed by atoms with E-state index in [0.717, 1.165) is 24.3 Å². The van der Waals surface area contributed by atoms with Crippen LogP contribution in [0.2, 0.25) is 0 Å². The largest absolute Gasteiger partial charge is 0.476 e. The predicted molar refractivity (Wildman–Crippen MR) is 81.3 cm³/mol. The highest BCUT2D eigenvalue weighted by molar-refractivity contribution is 5.77. The van der Waals surface area contributed by atoms with Crippen LogP contribution in [0.25, 0.3) is 11.1 Å². The van der Waals surface area contributed by atoms with Gasteiger partial charge in [-0.1, -0.05) is 18.2 Å². The van der Waals surface area contributed by atoms with Crippen LogP contribution in [0.1, 0.15) is 25.0 Å². The van der Waals surface area contributed by atoms with Crippen LogP contribution in [0.5, 0.6) is 0 Å². The van der Waals surface area contributed by atoms with E-state index in [9.17, 15) is 0 Å². The summed E-state index contributed by atoms with van der Waals surface area (Å²) in [5.41, 5.74) is 4.89. The fraction of sp³-hybridized carbons (Fsp3) is 0.353. The van der Waals surface area contributed by atoms with Crippen molar-refractivity contribution in [3.63, 3.8) is 0 Å². The molecule has 2 aliphatic rings. The summed E-state index contributed by atoms with van der Waals surface area (Å²) in [6, 6.07) is 6.46. The third-order valence-corrected chi connectivity index (χ3v) is 4.61. The SMILES string of the molecule is CC1=NC2(Cc3cccc(-c4cncnc4)c3C2)C(C)O1. The molecule has 21 heavy (non-hydrogen) atoms. The molecule has 2 unspecified atom stereocenters. The first kappa shape index (κ1) is 12.5. The van der Waals surface area contributed by atoms with Crippen molar-refractivity contribution in [1.29, 1.82) is 0 Å². The van der Waals surface area contributed by atoms with E-state index in [1.165, 1.54) is 16.7 Å². The van der Waals surface area contributed by atoms with Gasteiger partial charge in [-0.15, -0.1) is 0 Å². The molecule has 0 N–H and O–H groups in total. The Bertz CT molecular complexity index is 726. The molecule has 1 spiro atoms. The Balaban J connectivity index is 1.81. The molecule has 4 nitrogen and oxygen atoms in total. The molecular formula is C17H17N3O. The quantitative estimate of drug-likeness (QED) is 0.806. The average molecular weight is 279 g/mol. The van der Waals surface area contributed by atoms with Crippen molar-refractivity contribution in [1.82, 2.24) is 9.97 Å². The van der Waals surface area contributed by atoms with Crippen molar-refractivity contribution in [3.05, 3.63) is 48.0 Å². The number of hydrogen-bond acceptors (Lipinski definition) is 4. The summed E-state index contributed by atoms with van der Waals surface area (Å²) in [4.78, 5) is 13.1. The molecule has 4 heteroatoms. The second-order valence-electron chi connectivity index (χ2n) is 5.92. The molecule has 2 atom stereocenters. The second kappa shape index (κ2) is 4.38. The Morgan fingerprint density at radius 3 is 2.71 bits per heavy atom. The zero-order valence-corrected chi connectivity index (χ0v) is 12.2. The Morgan fingerprint density at radius 2 is 2.00 bits per heavy atom. The maximum atomic E-state index is 5.80. The first-order valence-corrected chi connectivity index (χ1v) is 7.27. The fourth-order valence-electron chi connectivity index (χ4n) is 3.58. The lowest BCUT2D eigenvalue weighted by molar-refractivity contribution is 0.158. The zero-order chi connectivity index (χ0) is 14.4. The van der Waals surface area contributed by atoms with Gasteiger partial charge in [-0.05, 0) is 23.6 Å². The zero-order valence-electron chi connectivity index (χ0n) is 12.2. The highest BCUT2D eigenvalue weighted by atomic mass is 16.5. The summed E-state index contributed by atoms with van der Waals surface area (Å²) in [6.07, 6.45) is 7.31. The molecule has 2 heterocycles. The lowest BCUT2D eigenvalue weighted by Crippen LogP contribution is -2.36. The Kier molecular flexibility index (Phi) is 2.61. The van der Waals surface area contributed by atoms with Gasteiger partial charge < -0.3 is 4.74 Å². The van der Waals surface area contributed by atoms with Crippen LogP contribution in [-0.4, -0.2) is 27.5 Å². The van der Waals surface area contributed by atoms with Crippen LogP contribution in [-0.2, 0) is 17.6 Å². The van der Waals surface area contributed by atoms with Crippen LogP contribution in [0.15, 0.2) is 41.9 Å². The Labute approximate surface area is 123 Å². The Hall–Kier alpha value is -2.23. The molecule has 2 aromatic rings. The van der Waals surface area contributed by atoms with Gasteiger partial charge in [-0.2, -0.15) is 0 Å². The molecule has 1 aliphatic carbocycles. The van der Waals surface area contributed by atoms with Gasteiger partial charge in [0, 0.05) is 37.7 Å². The van der Waals surface area contributed by atoms with Crippen LogP contribution in [0.3, 0.4) is 0 Å². The molecule has 0 saturated heterocycles. The van der Waals surface area contributed by atoms with Gasteiger partial charge in [0.05, 0.1) is 0 Å². The van der Waals surface area contributed by atoms with E-state index < -0.39 is 0 Å². The molecule has 0 radical (unpaired) electrons. The lowest BCUT2D eigenvalue weighted by Gasteiger charge is -2.23. The number of ether oxygens (including phenoxy) is 1. The van der Waals surface area contributed by atoms with E-state index in [1.807, 2.05) is 19.3 Å². The molecule has 1 aliphatic heterocycles. The van der Waals surface area contributed by atoms with E-state index in [4.69, 9.17) is 9.73 Å². The van der Waals surface area contributed by atoms with Gasteiger partial charge in [-0.3, -0.25) is 0 Å². The predicted octanol–water partition coefficient (Wildman–Crippen LogP) is 2.82. The van der Waals surface area contributed by atoms with Crippen molar-refractivity contribution in [2.24, 2.45) is 4.99 Å². The summed E-state index contributed by atoms with van der Waals surface area (Å²) < 4.78 is 5.80. The fourth-order valence-corrected chi connectivity index (χ4v) is 3.58. The van der Waals surface area contributed by atoms with Gasteiger partial charge in [0.15, 0.2) is 5.90 Å². The standard InChI is InChI=1S/C17H17N3O/c1-11-17(20-12(2)21-11)6-13-4-3-5-15(16(13)7-17)14-8-18-10-19-9-14/h3-5,8-11H,6-7H2,1-2H3. The number of rotatable bonds is 1. The number of nitrogens with zero attached hydrogens (tertiary/aromatic N) is 3. The van der Waals surface area contributed by atoms with E-state index in [2.05, 4.69) is 35.1 Å². The maximum absolute atomic E-state index is 5.80. The van der Waals surface area contributed by atoms with Crippen molar-refractivity contribution in [3.8, 4) is 11.1 Å². The molecule has 1 aromatic carbocycles. The maximum Gasteiger partial charge on any atom is 0.181 e. The van der Waals surface area contributed by atoms with Crippen molar-refractivity contribution >= 4 is 5.90 Å².